The molecule has 0 aromatic heterocycles. The van der Waals surface area contributed by atoms with Crippen LogP contribution in [0.1, 0.15) is 31.7 Å². The summed E-state index contributed by atoms with van der Waals surface area (Å²) in [6.45, 7) is 2.53. The fraction of sp³-hybridized carbons (Fsp3) is 0.500. The van der Waals surface area contributed by atoms with Gasteiger partial charge in [0.05, 0.1) is 0 Å². The van der Waals surface area contributed by atoms with Crippen LogP contribution in [0.15, 0.2) is 24.3 Å². The molecule has 3 nitrogen and oxygen atoms in total. The highest BCUT2D eigenvalue weighted by Gasteiger charge is 2.32. The van der Waals surface area contributed by atoms with Crippen molar-refractivity contribution in [1.29, 1.82) is 0 Å². The number of rotatable bonds is 5. The van der Waals surface area contributed by atoms with Crippen molar-refractivity contribution in [3.63, 3.8) is 0 Å². The second-order valence-corrected chi connectivity index (χ2v) is 5.50. The van der Waals surface area contributed by atoms with Gasteiger partial charge < -0.3 is 10.6 Å². The molecule has 1 unspecified atom stereocenters. The summed E-state index contributed by atoms with van der Waals surface area (Å²) in [5.74, 6) is 0.155. The fourth-order valence-corrected chi connectivity index (χ4v) is 2.11. The first-order valence-electron chi connectivity index (χ1n) is 6.36. The standard InChI is InChI=1S/C14H19ClN2O.ClH/c1-10(16)8-14(18)17(13-6-7-13)9-11-2-4-12(15)5-3-11;/h2-5,10,13H,6-9,16H2,1H3;1H. The molecule has 0 radical (unpaired) electrons. The lowest BCUT2D eigenvalue weighted by Crippen LogP contribution is -2.36. The Morgan fingerprint density at radius 1 is 1.42 bits per heavy atom. The van der Waals surface area contributed by atoms with E-state index in [1.54, 1.807) is 0 Å². The largest absolute Gasteiger partial charge is 0.335 e. The van der Waals surface area contributed by atoms with Crippen molar-refractivity contribution in [1.82, 2.24) is 4.90 Å². The fourth-order valence-electron chi connectivity index (χ4n) is 1.99. The average Bonchev–Trinajstić information content (AvgIpc) is 3.11. The van der Waals surface area contributed by atoms with Crippen LogP contribution in [0.2, 0.25) is 5.02 Å². The van der Waals surface area contributed by atoms with Gasteiger partial charge in [0, 0.05) is 30.1 Å². The minimum atomic E-state index is -0.0797. The molecule has 0 heterocycles. The quantitative estimate of drug-likeness (QED) is 0.909. The van der Waals surface area contributed by atoms with E-state index in [4.69, 9.17) is 17.3 Å². The van der Waals surface area contributed by atoms with Gasteiger partial charge in [0.1, 0.15) is 0 Å². The van der Waals surface area contributed by atoms with Gasteiger partial charge in [0.2, 0.25) is 5.91 Å². The van der Waals surface area contributed by atoms with Crippen molar-refractivity contribution in [2.75, 3.05) is 0 Å². The van der Waals surface area contributed by atoms with Gasteiger partial charge in [-0.1, -0.05) is 23.7 Å². The van der Waals surface area contributed by atoms with Crippen molar-refractivity contribution in [3.05, 3.63) is 34.9 Å². The molecule has 0 aliphatic heterocycles. The van der Waals surface area contributed by atoms with Gasteiger partial charge in [-0.05, 0) is 37.5 Å². The Labute approximate surface area is 125 Å². The number of carbonyl (C=O) groups excluding carboxylic acids is 1. The highest BCUT2D eigenvalue weighted by Crippen LogP contribution is 2.29. The van der Waals surface area contributed by atoms with Crippen LogP contribution in [0.3, 0.4) is 0 Å². The lowest BCUT2D eigenvalue weighted by Gasteiger charge is -2.23. The van der Waals surface area contributed by atoms with Gasteiger partial charge >= 0.3 is 0 Å². The zero-order chi connectivity index (χ0) is 13.1. The smallest absolute Gasteiger partial charge is 0.224 e. The first-order valence-corrected chi connectivity index (χ1v) is 6.73. The lowest BCUT2D eigenvalue weighted by atomic mass is 10.1. The van der Waals surface area contributed by atoms with Crippen LogP contribution in [0, 0.1) is 0 Å². The predicted octanol–water partition coefficient (Wildman–Crippen LogP) is 2.99. The molecule has 1 aromatic rings. The molecule has 1 amide bonds. The first-order chi connectivity index (χ1) is 8.56. The van der Waals surface area contributed by atoms with Gasteiger partial charge in [0.15, 0.2) is 0 Å². The van der Waals surface area contributed by atoms with Crippen molar-refractivity contribution >= 4 is 29.9 Å². The molecule has 0 bridgehead atoms. The highest BCUT2D eigenvalue weighted by molar-refractivity contribution is 6.30. The molecule has 5 heteroatoms. The van der Waals surface area contributed by atoms with E-state index in [-0.39, 0.29) is 24.4 Å². The molecular weight excluding hydrogens is 283 g/mol. The summed E-state index contributed by atoms with van der Waals surface area (Å²) in [5.41, 5.74) is 6.82. The van der Waals surface area contributed by atoms with E-state index in [9.17, 15) is 4.79 Å². The van der Waals surface area contributed by atoms with Crippen molar-refractivity contribution in [2.45, 2.75) is 44.8 Å². The van der Waals surface area contributed by atoms with E-state index in [1.165, 1.54) is 0 Å². The van der Waals surface area contributed by atoms with E-state index in [0.717, 1.165) is 23.4 Å². The van der Waals surface area contributed by atoms with Crippen LogP contribution in [0.25, 0.3) is 0 Å². The number of hydrogen-bond acceptors (Lipinski definition) is 2. The molecule has 1 aliphatic rings. The number of nitrogens with zero attached hydrogens (tertiary/aromatic N) is 1. The molecule has 1 aliphatic carbocycles. The maximum atomic E-state index is 12.1. The van der Waals surface area contributed by atoms with Gasteiger partial charge in [-0.25, -0.2) is 0 Å². The third kappa shape index (κ3) is 5.01. The number of benzene rings is 1. The Bertz CT molecular complexity index is 416. The zero-order valence-corrected chi connectivity index (χ0v) is 12.6. The Balaban J connectivity index is 0.00000180. The highest BCUT2D eigenvalue weighted by atomic mass is 35.5. The predicted molar refractivity (Wildman–Crippen MR) is 80.5 cm³/mol. The van der Waals surface area contributed by atoms with Crippen LogP contribution in [0.5, 0.6) is 0 Å². The summed E-state index contributed by atoms with van der Waals surface area (Å²) < 4.78 is 0. The minimum absolute atomic E-state index is 0. The molecule has 0 saturated heterocycles. The minimum Gasteiger partial charge on any atom is -0.335 e. The van der Waals surface area contributed by atoms with Crippen LogP contribution in [-0.2, 0) is 11.3 Å². The number of amides is 1. The van der Waals surface area contributed by atoms with Gasteiger partial charge in [-0.2, -0.15) is 0 Å². The molecule has 1 atom stereocenters. The van der Waals surface area contributed by atoms with Crippen LogP contribution < -0.4 is 5.73 Å². The Morgan fingerprint density at radius 3 is 2.47 bits per heavy atom. The van der Waals surface area contributed by atoms with E-state index in [1.807, 2.05) is 36.1 Å². The summed E-state index contributed by atoms with van der Waals surface area (Å²) in [6.07, 6.45) is 2.64. The normalized spacial score (nSPS) is 15.5. The number of hydrogen-bond donors (Lipinski definition) is 1. The summed E-state index contributed by atoms with van der Waals surface area (Å²) in [4.78, 5) is 14.1. The van der Waals surface area contributed by atoms with Gasteiger partial charge in [-0.15, -0.1) is 12.4 Å². The van der Waals surface area contributed by atoms with Crippen LogP contribution in [-0.4, -0.2) is 22.9 Å². The van der Waals surface area contributed by atoms with Crippen molar-refractivity contribution < 1.29 is 4.79 Å². The molecule has 19 heavy (non-hydrogen) atoms. The zero-order valence-electron chi connectivity index (χ0n) is 11.0. The monoisotopic (exact) mass is 302 g/mol. The topological polar surface area (TPSA) is 46.3 Å². The Hall–Kier alpha value is -0.770. The molecule has 2 N–H and O–H groups in total. The van der Waals surface area contributed by atoms with E-state index >= 15 is 0 Å². The van der Waals surface area contributed by atoms with Crippen LogP contribution >= 0.6 is 24.0 Å². The number of halogens is 2. The molecule has 106 valence electrons. The molecule has 2 rings (SSSR count). The molecule has 1 saturated carbocycles. The average molecular weight is 303 g/mol. The summed E-state index contributed by atoms with van der Waals surface area (Å²) in [5, 5.41) is 0.721. The summed E-state index contributed by atoms with van der Waals surface area (Å²) in [6, 6.07) is 7.99. The maximum absolute atomic E-state index is 12.1. The molecule has 0 spiro atoms. The molecule has 1 fully saturated rings. The van der Waals surface area contributed by atoms with E-state index in [2.05, 4.69) is 0 Å². The molecule has 1 aromatic carbocycles. The lowest BCUT2D eigenvalue weighted by molar-refractivity contribution is -0.132. The first kappa shape index (κ1) is 16.3. The van der Waals surface area contributed by atoms with Gasteiger partial charge in [0.25, 0.3) is 0 Å². The second kappa shape index (κ2) is 7.13. The van der Waals surface area contributed by atoms with Crippen molar-refractivity contribution in [3.8, 4) is 0 Å². The molecular formula is C14H20Cl2N2O. The third-order valence-electron chi connectivity index (χ3n) is 3.07. The van der Waals surface area contributed by atoms with Gasteiger partial charge in [-0.3, -0.25) is 4.79 Å². The summed E-state index contributed by atoms with van der Waals surface area (Å²) in [7, 11) is 0. The second-order valence-electron chi connectivity index (χ2n) is 5.06. The van der Waals surface area contributed by atoms with E-state index in [0.29, 0.717) is 19.0 Å². The third-order valence-corrected chi connectivity index (χ3v) is 3.32. The SMILES string of the molecule is CC(N)CC(=O)N(Cc1ccc(Cl)cc1)C1CC1.Cl. The van der Waals surface area contributed by atoms with Crippen LogP contribution in [0.4, 0.5) is 0 Å². The Kier molecular flexibility index (Phi) is 6.11. The van der Waals surface area contributed by atoms with E-state index < -0.39 is 0 Å². The maximum Gasteiger partial charge on any atom is 0.224 e. The number of nitrogens with two attached hydrogens (primary N) is 1. The Morgan fingerprint density at radius 2 is 2.00 bits per heavy atom. The van der Waals surface area contributed by atoms with Crippen molar-refractivity contribution in [2.24, 2.45) is 5.73 Å². The number of carbonyl (C=O) groups is 1. The summed E-state index contributed by atoms with van der Waals surface area (Å²) >= 11 is 5.86.